The first-order valence-corrected chi connectivity index (χ1v) is 17.1. The molecule has 5 atom stereocenters. The van der Waals surface area contributed by atoms with Crippen molar-refractivity contribution in [2.24, 2.45) is 17.8 Å². The predicted octanol–water partition coefficient (Wildman–Crippen LogP) is 5.65. The molecule has 2 heterocycles. The second-order valence-electron chi connectivity index (χ2n) is 14.3. The maximum Gasteiger partial charge on any atom is 0.426 e. The number of hydrogen-bond acceptors (Lipinski definition) is 8. The van der Waals surface area contributed by atoms with E-state index in [4.69, 9.17) is 19.2 Å². The molecule has 3 aromatic rings. The topological polar surface area (TPSA) is 156 Å². The van der Waals surface area contributed by atoms with Crippen LogP contribution in [-0.4, -0.2) is 69.9 Å². The van der Waals surface area contributed by atoms with E-state index in [1.165, 1.54) is 5.01 Å². The number of benzene rings is 2. The van der Waals surface area contributed by atoms with Crippen molar-refractivity contribution in [1.29, 1.82) is 0 Å². The smallest absolute Gasteiger partial charge is 0.426 e. The van der Waals surface area contributed by atoms with Crippen LogP contribution in [-0.2, 0) is 19.1 Å². The van der Waals surface area contributed by atoms with Crippen LogP contribution in [0.4, 0.5) is 4.79 Å². The number of amides is 3. The van der Waals surface area contributed by atoms with E-state index < -0.39 is 53.0 Å². The highest BCUT2D eigenvalue weighted by Crippen LogP contribution is 2.47. The van der Waals surface area contributed by atoms with Crippen LogP contribution >= 0.6 is 0 Å². The maximum absolute atomic E-state index is 14.3. The SMILES string of the molecule is COc1ccc2c(O[C@@H]3C[C@H]4C(=O)N[C@]5(C(=O)O)C[C@H]5/C=C/CCCCN(NC(=O)OC(C)(C)C)C(=O)[C@@H]4C3)cc(-c3ccccc3)nc2c1. The van der Waals surface area contributed by atoms with Gasteiger partial charge in [-0.05, 0) is 71.4 Å². The van der Waals surface area contributed by atoms with Crippen LogP contribution in [0.15, 0.2) is 66.7 Å². The standard InChI is InChI=1S/C38H44N4O8/c1-37(2,3)50-36(47)41-42-17-11-6-5-10-14-24-22-38(24,35(45)46)40-33(43)28-18-26(19-29(28)34(42)44)49-32-21-30(23-12-8-7-9-13-23)39-31-20-25(48-4)15-16-27(31)32/h7-10,12-16,20-21,24,26,28-29H,5-6,11,17-19,22H2,1-4H3,(H,40,43)(H,41,47)(H,45,46)/b14-10+/t24-,26-,28-,29-,38-/m1/s1. The number of aromatic nitrogens is 1. The van der Waals surface area contributed by atoms with E-state index >= 15 is 0 Å². The normalized spacial score (nSPS) is 26.1. The number of aliphatic carboxylic acids is 1. The van der Waals surface area contributed by atoms with Crippen LogP contribution in [0.2, 0.25) is 0 Å². The summed E-state index contributed by atoms with van der Waals surface area (Å²) in [4.78, 5) is 58.6. The maximum atomic E-state index is 14.3. The molecule has 12 heteroatoms. The molecular weight excluding hydrogens is 640 g/mol. The number of pyridine rings is 1. The molecule has 50 heavy (non-hydrogen) atoms. The fraction of sp³-hybridized carbons (Fsp3) is 0.447. The highest BCUT2D eigenvalue weighted by Gasteiger charge is 2.61. The first kappa shape index (κ1) is 34.7. The molecule has 6 rings (SSSR count). The van der Waals surface area contributed by atoms with E-state index in [1.807, 2.05) is 66.7 Å². The van der Waals surface area contributed by atoms with E-state index in [0.29, 0.717) is 42.0 Å². The number of methoxy groups -OCH3 is 1. The number of allylic oxidation sites excluding steroid dienone is 1. The van der Waals surface area contributed by atoms with E-state index in [9.17, 15) is 24.3 Å². The molecule has 0 saturated heterocycles. The largest absolute Gasteiger partial charge is 0.497 e. The Morgan fingerprint density at radius 2 is 1.80 bits per heavy atom. The Morgan fingerprint density at radius 3 is 2.52 bits per heavy atom. The number of carbonyl (C=O) groups excluding carboxylic acids is 3. The molecule has 2 aliphatic carbocycles. The summed E-state index contributed by atoms with van der Waals surface area (Å²) in [6, 6.07) is 17.0. The van der Waals surface area contributed by atoms with Crippen LogP contribution in [0.5, 0.6) is 11.5 Å². The third kappa shape index (κ3) is 7.54. The van der Waals surface area contributed by atoms with Gasteiger partial charge in [-0.3, -0.25) is 14.6 Å². The van der Waals surface area contributed by atoms with Gasteiger partial charge in [0.2, 0.25) is 11.8 Å². The zero-order valence-corrected chi connectivity index (χ0v) is 28.8. The number of carboxylic acid groups (broad SMARTS) is 1. The van der Waals surface area contributed by atoms with E-state index in [1.54, 1.807) is 27.9 Å². The molecule has 12 nitrogen and oxygen atoms in total. The molecule has 2 aromatic carbocycles. The fourth-order valence-corrected chi connectivity index (χ4v) is 6.89. The number of rotatable bonds is 6. The zero-order chi connectivity index (χ0) is 35.6. The Bertz CT molecular complexity index is 1810. The van der Waals surface area contributed by atoms with Gasteiger partial charge in [0.15, 0.2) is 0 Å². The van der Waals surface area contributed by atoms with Gasteiger partial charge in [0.25, 0.3) is 0 Å². The summed E-state index contributed by atoms with van der Waals surface area (Å²) >= 11 is 0. The molecule has 3 aliphatic rings. The van der Waals surface area contributed by atoms with Crippen LogP contribution in [0.25, 0.3) is 22.2 Å². The van der Waals surface area contributed by atoms with Crippen molar-refractivity contribution in [2.75, 3.05) is 13.7 Å². The molecule has 0 bridgehead atoms. The zero-order valence-electron chi connectivity index (χ0n) is 28.8. The van der Waals surface area contributed by atoms with Crippen LogP contribution in [0.3, 0.4) is 0 Å². The van der Waals surface area contributed by atoms with Gasteiger partial charge in [0, 0.05) is 35.5 Å². The van der Waals surface area contributed by atoms with E-state index in [-0.39, 0.29) is 31.7 Å². The number of nitrogens with zero attached hydrogens (tertiary/aromatic N) is 2. The minimum Gasteiger partial charge on any atom is -0.497 e. The van der Waals surface area contributed by atoms with E-state index in [0.717, 1.165) is 10.9 Å². The lowest BCUT2D eigenvalue weighted by Crippen LogP contribution is -2.53. The summed E-state index contributed by atoms with van der Waals surface area (Å²) in [5, 5.41) is 14.9. The van der Waals surface area contributed by atoms with Crippen LogP contribution in [0.1, 0.15) is 59.3 Å². The third-order valence-corrected chi connectivity index (χ3v) is 9.52. The Labute approximate surface area is 291 Å². The highest BCUT2D eigenvalue weighted by molar-refractivity contribution is 5.95. The first-order chi connectivity index (χ1) is 23.9. The molecular formula is C38H44N4O8. The number of hydrazine groups is 1. The van der Waals surface area contributed by atoms with Crippen molar-refractivity contribution < 1.29 is 38.5 Å². The van der Waals surface area contributed by atoms with E-state index in [2.05, 4.69) is 10.7 Å². The Morgan fingerprint density at radius 1 is 1.04 bits per heavy atom. The molecule has 1 aromatic heterocycles. The van der Waals surface area contributed by atoms with Crippen molar-refractivity contribution in [3.05, 3.63) is 66.7 Å². The summed E-state index contributed by atoms with van der Waals surface area (Å²) in [6.45, 7) is 5.40. The number of ether oxygens (including phenoxy) is 3. The average Bonchev–Trinajstić information content (AvgIpc) is 3.61. The van der Waals surface area contributed by atoms with Gasteiger partial charge in [-0.2, -0.15) is 0 Å². The van der Waals surface area contributed by atoms with Crippen molar-refractivity contribution in [3.8, 4) is 22.8 Å². The minimum atomic E-state index is -1.43. The Hall–Kier alpha value is -5.13. The second-order valence-corrected chi connectivity index (χ2v) is 14.3. The summed E-state index contributed by atoms with van der Waals surface area (Å²) < 4.78 is 17.6. The van der Waals surface area contributed by atoms with Crippen molar-refractivity contribution in [2.45, 2.75) is 76.5 Å². The number of nitrogens with one attached hydrogen (secondary N) is 2. The lowest BCUT2D eigenvalue weighted by Gasteiger charge is -2.30. The number of carboxylic acids is 1. The monoisotopic (exact) mass is 684 g/mol. The Kier molecular flexibility index (Phi) is 9.73. The van der Waals surface area contributed by atoms with Gasteiger partial charge >= 0.3 is 12.1 Å². The predicted molar refractivity (Wildman–Crippen MR) is 185 cm³/mol. The number of hydrogen-bond donors (Lipinski definition) is 3. The molecule has 2 fully saturated rings. The van der Waals surface area contributed by atoms with Crippen molar-refractivity contribution in [3.63, 3.8) is 0 Å². The molecule has 1 aliphatic heterocycles. The summed E-state index contributed by atoms with van der Waals surface area (Å²) in [5.74, 6) is -3.10. The average molecular weight is 685 g/mol. The van der Waals surface area contributed by atoms with Gasteiger partial charge in [0.1, 0.15) is 28.7 Å². The molecule has 0 spiro atoms. The molecule has 3 N–H and O–H groups in total. The van der Waals surface area contributed by atoms with Gasteiger partial charge < -0.3 is 24.6 Å². The van der Waals surface area contributed by atoms with Gasteiger partial charge in [0.05, 0.1) is 30.2 Å². The van der Waals surface area contributed by atoms with Crippen molar-refractivity contribution in [1.82, 2.24) is 20.7 Å². The molecule has 0 unspecified atom stereocenters. The lowest BCUT2D eigenvalue weighted by molar-refractivity contribution is -0.146. The van der Waals surface area contributed by atoms with Crippen LogP contribution < -0.4 is 20.2 Å². The lowest BCUT2D eigenvalue weighted by atomic mass is 9.93. The summed E-state index contributed by atoms with van der Waals surface area (Å²) in [5.41, 5.74) is 2.60. The molecule has 0 radical (unpaired) electrons. The summed E-state index contributed by atoms with van der Waals surface area (Å²) in [7, 11) is 1.58. The van der Waals surface area contributed by atoms with Gasteiger partial charge in [-0.1, -0.05) is 42.5 Å². The van der Waals surface area contributed by atoms with Gasteiger partial charge in [-0.25, -0.2) is 20.0 Å². The second kappa shape index (κ2) is 14.0. The highest BCUT2D eigenvalue weighted by atomic mass is 16.6. The minimum absolute atomic E-state index is 0.152. The molecule has 264 valence electrons. The Balaban J connectivity index is 1.34. The van der Waals surface area contributed by atoms with Crippen LogP contribution in [0, 0.1) is 17.8 Å². The molecule has 3 amide bonds. The summed E-state index contributed by atoms with van der Waals surface area (Å²) in [6.07, 6.45) is 4.92. The van der Waals surface area contributed by atoms with Gasteiger partial charge in [-0.15, -0.1) is 0 Å². The van der Waals surface area contributed by atoms with Crippen molar-refractivity contribution >= 4 is 34.8 Å². The molecule has 2 saturated carbocycles. The first-order valence-electron chi connectivity index (χ1n) is 17.1. The number of fused-ring (bicyclic) bond motifs is 3. The third-order valence-electron chi connectivity index (χ3n) is 9.52. The fourth-order valence-electron chi connectivity index (χ4n) is 6.89. The number of carbonyl (C=O) groups is 4. The quantitative estimate of drug-likeness (QED) is 0.279.